The molecule has 2 aliphatic heterocycles. The van der Waals surface area contributed by atoms with Crippen LogP contribution in [0.3, 0.4) is 0 Å². The summed E-state index contributed by atoms with van der Waals surface area (Å²) in [5.74, 6) is -10.9. The van der Waals surface area contributed by atoms with Gasteiger partial charge in [-0.05, 0) is 148 Å². The number of rotatable bonds is 49. The molecule has 6 aliphatic rings. The minimum Gasteiger partial charge on any atom is -0.480 e. The summed E-state index contributed by atoms with van der Waals surface area (Å²) in [4.78, 5) is 216. The summed E-state index contributed by atoms with van der Waals surface area (Å²) in [7, 11) is 0. The van der Waals surface area contributed by atoms with Crippen molar-refractivity contribution in [2.75, 3.05) is 130 Å². The molecule has 0 spiro atoms. The van der Waals surface area contributed by atoms with Crippen LogP contribution in [0, 0.1) is 52.3 Å². The van der Waals surface area contributed by atoms with Crippen molar-refractivity contribution in [1.82, 2.24) is 87.7 Å². The average molecular weight is 1850 g/mol. The van der Waals surface area contributed by atoms with Gasteiger partial charge in [0.15, 0.2) is 0 Å². The van der Waals surface area contributed by atoms with E-state index in [0.29, 0.717) is 55.8 Å². The average Bonchev–Trinajstić information content (AvgIpc) is 1.53. The third-order valence-electron chi connectivity index (χ3n) is 26.9. The number of amides is 12. The van der Waals surface area contributed by atoms with Gasteiger partial charge in [0.2, 0.25) is 70.9 Å². The standard InChI is InChI=1S/C88H137N19O22S/c1-50(2)35-64(84(124)100-62(80(90)120)20-34-130-8)101-85(125)66(39-56-42-91-49-95-56)99-72(111)43-94-86(126)79(51(3)4)103-81(121)52(5)96-83(123)65(36-53-41-93-61-12-10-9-11-57(53)61)102-82(122)63(15-17-70(89)109)98-71(110)18-16-68-58-13-14-59-78-60(40-69(129-68)88(58,59)7)87(6)21-19-55(37-54(87)38-67(78)108)97-74(113)48-128-33-32-127-31-22-92-73(112)44-104-23-25-105(45-75(114)115)27-29-107(47-77(118)119)30-28-106(26-24-104)46-76(116)117/h9-12,41-42,49-52,54-55,58-60,62-69,78-79,93,108H,13-40,43-48H2,1-8H3,(H2,89,109)(H2,90,120)(H,91,95)(H,92,112)(H,94,126)(H,96,123)(H,97,113)(H,98,110)(H,99,111)(H,100,124)(H,101,125)(H,102,122)(H,103,121)(H,114,115)(H,116,117)(H,118,119)/t52-,54-,55-,58+,59?,60?,62-,63-,64-,65-,66-,67+,68+,69-,78?,79-,87-,88?/m0/s1. The SMILES string of the molecule is CSCC[C@H](NC(=O)[C@H](CC(C)C)NC(=O)[C@H](Cc1c[nH]cn1)NC(=O)CNC(=O)[C@@H](NC(=O)[C@H](C)NC(=O)[C@H](Cc1c[nH]c2ccccc12)NC(=O)[C@H](CCC(N)=O)NC(=O)CC[C@H]1O[C@H]2CC3C(C4CC[C@H]1C42C)[C@H](O)C[C@@H]1C[C@@H](NC(=O)COCCOCCNC(=O)CN2CCN(CC(=O)O)CCN(CC(=O)O)CCN(CC(=O)O)CC2)CC[C@]31C)C(C)C)C(N)=O. The van der Waals surface area contributed by atoms with Gasteiger partial charge in [-0.25, -0.2) is 4.98 Å². The minimum absolute atomic E-state index is 0.0151. The number of nitrogens with one attached hydrogen (secondary N) is 12. The van der Waals surface area contributed by atoms with Gasteiger partial charge < -0.3 is 109 Å². The van der Waals surface area contributed by atoms with E-state index in [2.05, 4.69) is 82.0 Å². The van der Waals surface area contributed by atoms with Gasteiger partial charge in [0.25, 0.3) is 0 Å². The first kappa shape index (κ1) is 104. The number of carboxylic acids is 3. The number of nitrogens with zero attached hydrogens (tertiary/aromatic N) is 5. The molecule has 6 fully saturated rings. The third kappa shape index (κ3) is 30.0. The van der Waals surface area contributed by atoms with Crippen LogP contribution in [0.4, 0.5) is 0 Å². The van der Waals surface area contributed by atoms with E-state index in [0.717, 1.165) is 36.6 Å². The highest BCUT2D eigenvalue weighted by atomic mass is 32.2. The molecule has 41 nitrogen and oxygen atoms in total. The summed E-state index contributed by atoms with van der Waals surface area (Å²) in [6, 6.07) is -1.72. The van der Waals surface area contributed by atoms with Crippen LogP contribution in [0.25, 0.3) is 10.9 Å². The van der Waals surface area contributed by atoms with Crippen molar-refractivity contribution in [3.63, 3.8) is 0 Å². The lowest BCUT2D eigenvalue weighted by atomic mass is 9.43. The number of hydrogen-bond donors (Lipinski definition) is 18. The predicted octanol–water partition coefficient (Wildman–Crippen LogP) is -1.69. The molecule has 2 aromatic heterocycles. The zero-order valence-electron chi connectivity index (χ0n) is 75.9. The Morgan fingerprint density at radius 2 is 1.19 bits per heavy atom. The van der Waals surface area contributed by atoms with Crippen molar-refractivity contribution in [3.05, 3.63) is 54.2 Å². The lowest BCUT2D eigenvalue weighted by Crippen LogP contribution is -2.61. The first-order valence-corrected chi connectivity index (χ1v) is 46.8. The number of aliphatic hydroxyl groups is 1. The van der Waals surface area contributed by atoms with Crippen molar-refractivity contribution in [2.24, 2.45) is 63.7 Å². The van der Waals surface area contributed by atoms with Crippen molar-refractivity contribution < 1.29 is 107 Å². The normalized spacial score (nSPS) is 24.8. The van der Waals surface area contributed by atoms with Crippen molar-refractivity contribution in [3.8, 4) is 0 Å². The summed E-state index contributed by atoms with van der Waals surface area (Å²) in [5, 5.41) is 69.1. The second-order valence-corrected chi connectivity index (χ2v) is 37.9. The fourth-order valence-electron chi connectivity index (χ4n) is 20.1. The maximum absolute atomic E-state index is 14.7. The van der Waals surface area contributed by atoms with Gasteiger partial charge in [0.1, 0.15) is 48.9 Å². The van der Waals surface area contributed by atoms with E-state index >= 15 is 0 Å². The highest BCUT2D eigenvalue weighted by Gasteiger charge is 2.69. The molecule has 3 aromatic rings. The number of aromatic amines is 2. The highest BCUT2D eigenvalue weighted by Crippen LogP contribution is 2.71. The molecule has 42 heteroatoms. The largest absolute Gasteiger partial charge is 0.480 e. The third-order valence-corrected chi connectivity index (χ3v) is 27.5. The Kier molecular flexibility index (Phi) is 39.5. The molecule has 0 bridgehead atoms. The zero-order chi connectivity index (χ0) is 94.7. The van der Waals surface area contributed by atoms with Crippen LogP contribution in [-0.2, 0) is 99.0 Å². The number of aliphatic carboxylic acids is 3. The molecular weight excluding hydrogens is 1710 g/mol. The topological polar surface area (TPSA) is 594 Å². The molecule has 20 N–H and O–H groups in total. The van der Waals surface area contributed by atoms with Gasteiger partial charge in [-0.1, -0.05) is 59.7 Å². The van der Waals surface area contributed by atoms with Crippen LogP contribution in [0.5, 0.6) is 0 Å². The van der Waals surface area contributed by atoms with E-state index in [-0.39, 0.29) is 220 Å². The van der Waals surface area contributed by atoms with E-state index in [1.54, 1.807) is 40.8 Å². The van der Waals surface area contributed by atoms with Crippen LogP contribution in [-0.4, -0.2) is 340 Å². The molecular formula is C88H137N19O22S. The smallest absolute Gasteiger partial charge is 0.317 e. The summed E-state index contributed by atoms with van der Waals surface area (Å²) >= 11 is 1.46. The molecule has 18 atom stereocenters. The number of primary amides is 2. The number of H-pyrrole nitrogens is 2. The molecule has 1 aromatic carbocycles. The van der Waals surface area contributed by atoms with Crippen LogP contribution in [0.2, 0.25) is 0 Å². The molecule has 130 heavy (non-hydrogen) atoms. The Morgan fingerprint density at radius 3 is 1.81 bits per heavy atom. The Bertz CT molecular complexity index is 4340. The number of carbonyl (C=O) groups is 15. The quantitative estimate of drug-likeness (QED) is 0.0280. The van der Waals surface area contributed by atoms with E-state index in [9.17, 15) is 92.3 Å². The molecule has 4 saturated carbocycles. The number of thioether (sulfide) groups is 1. The second kappa shape index (κ2) is 49.5. The number of carbonyl (C=O) groups excluding carboxylic acids is 12. The van der Waals surface area contributed by atoms with Crippen molar-refractivity contribution in [2.45, 2.75) is 211 Å². The molecule has 12 amide bonds. The molecule has 4 heterocycles. The number of hydrogen-bond acceptors (Lipinski definition) is 25. The monoisotopic (exact) mass is 1840 g/mol. The number of benzene rings is 1. The van der Waals surface area contributed by atoms with Crippen LogP contribution in [0.15, 0.2) is 43.0 Å². The van der Waals surface area contributed by atoms with E-state index in [1.165, 1.54) is 31.2 Å². The van der Waals surface area contributed by atoms with E-state index < -0.39 is 138 Å². The predicted molar refractivity (Wildman–Crippen MR) is 477 cm³/mol. The fraction of sp³-hybridized carbons (Fsp3) is 0.705. The number of aromatic nitrogens is 3. The Labute approximate surface area is 761 Å². The summed E-state index contributed by atoms with van der Waals surface area (Å²) in [5.41, 5.74) is 12.5. The van der Waals surface area contributed by atoms with Gasteiger partial charge in [-0.3, -0.25) is 91.5 Å². The molecule has 9 rings (SSSR count). The number of nitrogens with two attached hydrogens (primary N) is 2. The van der Waals surface area contributed by atoms with Crippen molar-refractivity contribution >= 4 is 111 Å². The van der Waals surface area contributed by atoms with Gasteiger partial charge in [-0.2, -0.15) is 11.8 Å². The molecule has 4 unspecified atom stereocenters. The number of carboxylic acid groups (broad SMARTS) is 3. The number of para-hydroxylation sites is 1. The number of ether oxygens (including phenoxy) is 3. The first-order chi connectivity index (χ1) is 61.8. The summed E-state index contributed by atoms with van der Waals surface area (Å²) in [6.45, 7) is 13.8. The zero-order valence-corrected chi connectivity index (χ0v) is 76.7. The maximum Gasteiger partial charge on any atom is 0.317 e. The van der Waals surface area contributed by atoms with Crippen molar-refractivity contribution in [1.29, 1.82) is 0 Å². The molecule has 0 radical (unpaired) electrons. The van der Waals surface area contributed by atoms with Gasteiger partial charge in [-0.15, -0.1) is 0 Å². The van der Waals surface area contributed by atoms with Gasteiger partial charge in [0.05, 0.1) is 82.9 Å². The first-order valence-electron chi connectivity index (χ1n) is 45.4. The van der Waals surface area contributed by atoms with Gasteiger partial charge in [0, 0.05) is 119 Å². The molecule has 4 aliphatic carbocycles. The Balaban J connectivity index is 0.737. The lowest BCUT2D eigenvalue weighted by Gasteiger charge is -2.62. The van der Waals surface area contributed by atoms with Crippen LogP contribution in [0.1, 0.15) is 143 Å². The second-order valence-electron chi connectivity index (χ2n) is 36.9. The van der Waals surface area contributed by atoms with E-state index in [1.807, 2.05) is 43.2 Å². The number of aliphatic hydroxyl groups excluding tert-OH is 1. The summed E-state index contributed by atoms with van der Waals surface area (Å²) in [6.07, 6.45) is 10.4. The number of imidazole rings is 1. The molecule has 722 valence electrons. The van der Waals surface area contributed by atoms with Crippen LogP contribution < -0.4 is 64.6 Å². The Hall–Kier alpha value is -9.95. The number of fused-ring (bicyclic) bond motifs is 5. The van der Waals surface area contributed by atoms with E-state index in [4.69, 9.17) is 25.7 Å². The minimum atomic E-state index is -1.40. The summed E-state index contributed by atoms with van der Waals surface area (Å²) < 4.78 is 18.5. The lowest BCUT2D eigenvalue weighted by molar-refractivity contribution is -0.187. The molecule has 2 saturated heterocycles. The van der Waals surface area contributed by atoms with Gasteiger partial charge >= 0.3 is 17.9 Å². The Morgan fingerprint density at radius 1 is 0.600 bits per heavy atom. The fourth-order valence-corrected chi connectivity index (χ4v) is 20.6. The van der Waals surface area contributed by atoms with Crippen LogP contribution >= 0.6 is 11.8 Å². The highest BCUT2D eigenvalue weighted by molar-refractivity contribution is 7.98. The maximum atomic E-state index is 14.7.